The van der Waals surface area contributed by atoms with Crippen molar-refractivity contribution in [3.05, 3.63) is 24.0 Å². The van der Waals surface area contributed by atoms with Crippen LogP contribution < -0.4 is 5.32 Å². The Morgan fingerprint density at radius 2 is 2.38 bits per heavy atom. The minimum absolute atomic E-state index is 0.0695. The van der Waals surface area contributed by atoms with E-state index in [4.69, 9.17) is 5.11 Å². The maximum atomic E-state index is 11.7. The Balaban J connectivity index is 2.62. The van der Waals surface area contributed by atoms with Crippen LogP contribution in [-0.2, 0) is 9.59 Å². The number of allylic oxidation sites excluding steroid dienone is 1. The van der Waals surface area contributed by atoms with Gasteiger partial charge in [0, 0.05) is 24.6 Å². The van der Waals surface area contributed by atoms with Gasteiger partial charge < -0.3 is 15.3 Å². The summed E-state index contributed by atoms with van der Waals surface area (Å²) in [6, 6.07) is -0.951. The molecule has 0 aromatic carbocycles. The quantitative estimate of drug-likeness (QED) is 0.617. The second-order valence-corrected chi connectivity index (χ2v) is 3.82. The van der Waals surface area contributed by atoms with Crippen molar-refractivity contribution in [3.63, 3.8) is 0 Å². The second-order valence-electron chi connectivity index (χ2n) is 3.46. The van der Waals surface area contributed by atoms with Crippen molar-refractivity contribution < 1.29 is 14.7 Å². The molecule has 1 aliphatic rings. The molecule has 0 aromatic heterocycles. The molecule has 1 rings (SSSR count). The molecule has 1 amide bonds. The Morgan fingerprint density at radius 3 is 2.88 bits per heavy atom. The Bertz CT molecular complexity index is 352. The van der Waals surface area contributed by atoms with Crippen molar-refractivity contribution in [1.82, 2.24) is 10.2 Å². The van der Waals surface area contributed by atoms with E-state index in [1.807, 2.05) is 12.3 Å². The monoisotopic (exact) mass is 242 g/mol. The van der Waals surface area contributed by atoms with Gasteiger partial charge in [-0.05, 0) is 12.6 Å². The van der Waals surface area contributed by atoms with E-state index in [0.717, 1.165) is 0 Å². The van der Waals surface area contributed by atoms with Crippen molar-refractivity contribution in [2.45, 2.75) is 12.5 Å². The maximum Gasteiger partial charge on any atom is 0.327 e. The van der Waals surface area contributed by atoms with Gasteiger partial charge in [-0.2, -0.15) is 12.6 Å². The predicted octanol–water partition coefficient (Wildman–Crippen LogP) is 0.219. The molecule has 16 heavy (non-hydrogen) atoms. The van der Waals surface area contributed by atoms with Crippen LogP contribution in [0, 0.1) is 0 Å². The lowest BCUT2D eigenvalue weighted by Crippen LogP contribution is -2.43. The van der Waals surface area contributed by atoms with Crippen LogP contribution in [0.25, 0.3) is 0 Å². The highest BCUT2D eigenvalue weighted by Crippen LogP contribution is 2.10. The van der Waals surface area contributed by atoms with Crippen LogP contribution in [0.2, 0.25) is 0 Å². The van der Waals surface area contributed by atoms with E-state index in [-0.39, 0.29) is 11.7 Å². The molecule has 0 fully saturated rings. The largest absolute Gasteiger partial charge is 0.480 e. The molecule has 0 aliphatic carbocycles. The Labute approximate surface area is 99.2 Å². The van der Waals surface area contributed by atoms with Crippen molar-refractivity contribution >= 4 is 24.5 Å². The number of thiol groups is 1. The third kappa shape index (κ3) is 3.30. The molecule has 1 heterocycles. The summed E-state index contributed by atoms with van der Waals surface area (Å²) in [5.74, 6) is -1.37. The molecule has 0 aromatic rings. The van der Waals surface area contributed by atoms with Crippen LogP contribution in [0.15, 0.2) is 24.0 Å². The fraction of sp³-hybridized carbons (Fsp3) is 0.400. The number of rotatable bonds is 4. The van der Waals surface area contributed by atoms with Gasteiger partial charge in [-0.3, -0.25) is 4.79 Å². The maximum absolute atomic E-state index is 11.7. The molecule has 1 aliphatic heterocycles. The fourth-order valence-corrected chi connectivity index (χ4v) is 1.52. The average molecular weight is 242 g/mol. The third-order valence-electron chi connectivity index (χ3n) is 2.12. The second kappa shape index (κ2) is 5.60. The van der Waals surface area contributed by atoms with Crippen molar-refractivity contribution in [1.29, 1.82) is 0 Å². The number of carboxylic acid groups (broad SMARTS) is 1. The molecule has 0 saturated heterocycles. The Hall–Kier alpha value is -1.43. The van der Waals surface area contributed by atoms with E-state index >= 15 is 0 Å². The standard InChI is InChI=1S/C10H14N2O3S/c1-12-4-2-3-7(5-12)9(13)11-8(6-16)10(14)15/h2,4-5,8,16H,3,6H2,1H3,(H,11,13)(H,14,15). The van der Waals surface area contributed by atoms with E-state index < -0.39 is 12.0 Å². The van der Waals surface area contributed by atoms with Crippen molar-refractivity contribution in [2.24, 2.45) is 0 Å². The van der Waals surface area contributed by atoms with Crippen LogP contribution in [-0.4, -0.2) is 40.7 Å². The minimum Gasteiger partial charge on any atom is -0.480 e. The van der Waals surface area contributed by atoms with Gasteiger partial charge in [0.05, 0.1) is 0 Å². The van der Waals surface area contributed by atoms with E-state index in [2.05, 4.69) is 17.9 Å². The summed E-state index contributed by atoms with van der Waals surface area (Å²) in [7, 11) is 1.80. The zero-order valence-corrected chi connectivity index (χ0v) is 9.78. The smallest absolute Gasteiger partial charge is 0.327 e. The highest BCUT2D eigenvalue weighted by molar-refractivity contribution is 7.80. The number of nitrogens with zero attached hydrogens (tertiary/aromatic N) is 1. The zero-order chi connectivity index (χ0) is 12.1. The number of nitrogens with one attached hydrogen (secondary N) is 1. The molecule has 1 unspecified atom stereocenters. The molecule has 0 radical (unpaired) electrons. The number of hydrogen-bond donors (Lipinski definition) is 3. The zero-order valence-electron chi connectivity index (χ0n) is 8.88. The molecule has 88 valence electrons. The molecule has 0 bridgehead atoms. The molecule has 6 heteroatoms. The van der Waals surface area contributed by atoms with Crippen LogP contribution in [0.4, 0.5) is 0 Å². The molecule has 0 saturated carbocycles. The van der Waals surface area contributed by atoms with Crippen LogP contribution in [0.1, 0.15) is 6.42 Å². The Morgan fingerprint density at radius 1 is 1.69 bits per heavy atom. The molecule has 0 spiro atoms. The molecular weight excluding hydrogens is 228 g/mol. The van der Waals surface area contributed by atoms with E-state index in [9.17, 15) is 9.59 Å². The first-order valence-corrected chi connectivity index (χ1v) is 5.41. The first-order chi connectivity index (χ1) is 7.54. The van der Waals surface area contributed by atoms with Gasteiger partial charge in [-0.15, -0.1) is 0 Å². The van der Waals surface area contributed by atoms with Gasteiger partial charge in [-0.25, -0.2) is 4.79 Å². The van der Waals surface area contributed by atoms with E-state index in [0.29, 0.717) is 12.0 Å². The average Bonchev–Trinajstić information content (AvgIpc) is 2.25. The van der Waals surface area contributed by atoms with Crippen LogP contribution in [0.3, 0.4) is 0 Å². The molecule has 2 N–H and O–H groups in total. The van der Waals surface area contributed by atoms with Crippen LogP contribution >= 0.6 is 12.6 Å². The summed E-state index contributed by atoms with van der Waals surface area (Å²) in [6.07, 6.45) is 5.86. The SMILES string of the molecule is CN1C=CCC(C(=O)NC(CS)C(=O)O)=C1. The minimum atomic E-state index is -1.08. The lowest BCUT2D eigenvalue weighted by molar-refractivity contribution is -0.140. The summed E-state index contributed by atoms with van der Waals surface area (Å²) in [5.41, 5.74) is 0.540. The van der Waals surface area contributed by atoms with Gasteiger partial charge in [0.15, 0.2) is 0 Å². The number of carboxylic acids is 1. The van der Waals surface area contributed by atoms with Gasteiger partial charge in [0.25, 0.3) is 0 Å². The van der Waals surface area contributed by atoms with Gasteiger partial charge in [0.2, 0.25) is 5.91 Å². The number of carbonyl (C=O) groups excluding carboxylic acids is 1. The number of amides is 1. The number of aliphatic carboxylic acids is 1. The lowest BCUT2D eigenvalue weighted by Gasteiger charge is -2.18. The van der Waals surface area contributed by atoms with E-state index in [1.165, 1.54) is 0 Å². The lowest BCUT2D eigenvalue weighted by atomic mass is 10.1. The summed E-state index contributed by atoms with van der Waals surface area (Å²) in [4.78, 5) is 24.1. The highest BCUT2D eigenvalue weighted by atomic mass is 32.1. The molecule has 5 nitrogen and oxygen atoms in total. The number of carbonyl (C=O) groups is 2. The Kier molecular flexibility index (Phi) is 4.42. The number of hydrogen-bond acceptors (Lipinski definition) is 4. The van der Waals surface area contributed by atoms with Gasteiger partial charge in [0.1, 0.15) is 6.04 Å². The van der Waals surface area contributed by atoms with Crippen LogP contribution in [0.5, 0.6) is 0 Å². The summed E-state index contributed by atoms with van der Waals surface area (Å²) in [5, 5.41) is 11.2. The van der Waals surface area contributed by atoms with Gasteiger partial charge in [-0.1, -0.05) is 6.08 Å². The summed E-state index contributed by atoms with van der Waals surface area (Å²) >= 11 is 3.87. The topological polar surface area (TPSA) is 69.6 Å². The summed E-state index contributed by atoms with van der Waals surface area (Å²) < 4.78 is 0. The van der Waals surface area contributed by atoms with Crippen molar-refractivity contribution in [3.8, 4) is 0 Å². The molecule has 1 atom stereocenters. The first kappa shape index (κ1) is 12.6. The van der Waals surface area contributed by atoms with E-state index in [1.54, 1.807) is 18.1 Å². The predicted molar refractivity (Wildman–Crippen MR) is 63.0 cm³/mol. The molecular formula is C10H14N2O3S. The third-order valence-corrected chi connectivity index (χ3v) is 2.48. The summed E-state index contributed by atoms with van der Waals surface area (Å²) in [6.45, 7) is 0. The van der Waals surface area contributed by atoms with Gasteiger partial charge >= 0.3 is 5.97 Å². The fourth-order valence-electron chi connectivity index (χ4n) is 1.28. The normalized spacial score (nSPS) is 16.6. The highest BCUT2D eigenvalue weighted by Gasteiger charge is 2.20. The first-order valence-electron chi connectivity index (χ1n) is 4.78. The van der Waals surface area contributed by atoms with Crippen molar-refractivity contribution in [2.75, 3.05) is 12.8 Å².